The van der Waals surface area contributed by atoms with Gasteiger partial charge in [-0.2, -0.15) is 5.10 Å². The molecule has 5 nitrogen and oxygen atoms in total. The number of nitrogens with zero attached hydrogens (tertiary/aromatic N) is 2. The molecule has 0 amide bonds. The Labute approximate surface area is 145 Å². The van der Waals surface area contributed by atoms with Gasteiger partial charge in [0.2, 0.25) is 10.0 Å². The molecule has 0 fully saturated rings. The Hall–Kier alpha value is -2.15. The highest BCUT2D eigenvalue weighted by Crippen LogP contribution is 2.22. The number of rotatable bonds is 5. The fourth-order valence-electron chi connectivity index (χ4n) is 2.31. The minimum absolute atomic E-state index is 0.105. The van der Waals surface area contributed by atoms with Crippen LogP contribution in [-0.4, -0.2) is 18.2 Å². The van der Waals surface area contributed by atoms with Gasteiger partial charge in [0.15, 0.2) is 0 Å². The summed E-state index contributed by atoms with van der Waals surface area (Å²) in [5.74, 6) is 0. The molecule has 0 bridgehead atoms. The molecular formula is C17H16ClN3O2S. The molecule has 3 rings (SSSR count). The van der Waals surface area contributed by atoms with Crippen LogP contribution in [0, 0.1) is 6.92 Å². The van der Waals surface area contributed by atoms with Gasteiger partial charge < -0.3 is 0 Å². The fraction of sp³-hybridized carbons (Fsp3) is 0.118. The van der Waals surface area contributed by atoms with Crippen molar-refractivity contribution in [3.8, 4) is 5.69 Å². The van der Waals surface area contributed by atoms with Crippen LogP contribution < -0.4 is 4.72 Å². The summed E-state index contributed by atoms with van der Waals surface area (Å²) < 4.78 is 29.2. The monoisotopic (exact) mass is 361 g/mol. The second-order valence-electron chi connectivity index (χ2n) is 5.27. The van der Waals surface area contributed by atoms with Crippen LogP contribution in [0.1, 0.15) is 11.3 Å². The van der Waals surface area contributed by atoms with E-state index in [1.165, 1.54) is 6.07 Å². The second kappa shape index (κ2) is 6.76. The van der Waals surface area contributed by atoms with E-state index in [0.29, 0.717) is 16.3 Å². The summed E-state index contributed by atoms with van der Waals surface area (Å²) in [6.07, 6.45) is 1.80. The van der Waals surface area contributed by atoms with Crippen molar-refractivity contribution >= 4 is 21.6 Å². The van der Waals surface area contributed by atoms with Crippen LogP contribution in [0.4, 0.5) is 0 Å². The molecule has 24 heavy (non-hydrogen) atoms. The molecule has 0 saturated heterocycles. The lowest BCUT2D eigenvalue weighted by molar-refractivity contribution is 0.579. The van der Waals surface area contributed by atoms with Crippen LogP contribution >= 0.6 is 11.6 Å². The molecule has 0 unspecified atom stereocenters. The van der Waals surface area contributed by atoms with Gasteiger partial charge in [-0.1, -0.05) is 35.9 Å². The number of hydrogen-bond donors (Lipinski definition) is 1. The Balaban J connectivity index is 1.76. The predicted molar refractivity (Wildman–Crippen MR) is 93.8 cm³/mol. The molecule has 124 valence electrons. The Bertz CT molecular complexity index is 953. The average Bonchev–Trinajstić information content (AvgIpc) is 3.05. The van der Waals surface area contributed by atoms with E-state index in [-0.39, 0.29) is 11.4 Å². The summed E-state index contributed by atoms with van der Waals surface area (Å²) in [4.78, 5) is 0.178. The van der Waals surface area contributed by atoms with Crippen LogP contribution in [-0.2, 0) is 16.6 Å². The van der Waals surface area contributed by atoms with E-state index in [1.54, 1.807) is 36.0 Å². The molecule has 7 heteroatoms. The third kappa shape index (κ3) is 3.51. The Kier molecular flexibility index (Phi) is 4.71. The maximum absolute atomic E-state index is 12.5. The van der Waals surface area contributed by atoms with Crippen molar-refractivity contribution in [2.24, 2.45) is 0 Å². The molecule has 0 saturated carbocycles. The van der Waals surface area contributed by atoms with E-state index in [4.69, 9.17) is 11.6 Å². The summed E-state index contributed by atoms with van der Waals surface area (Å²) in [7, 11) is -3.65. The molecule has 0 spiro atoms. The van der Waals surface area contributed by atoms with E-state index in [9.17, 15) is 8.42 Å². The van der Waals surface area contributed by atoms with Crippen molar-refractivity contribution in [3.05, 3.63) is 77.1 Å². The van der Waals surface area contributed by atoms with Gasteiger partial charge >= 0.3 is 0 Å². The molecule has 2 aromatic carbocycles. The highest BCUT2D eigenvalue weighted by Gasteiger charge is 2.18. The molecule has 0 radical (unpaired) electrons. The van der Waals surface area contributed by atoms with Crippen LogP contribution in [0.25, 0.3) is 5.69 Å². The van der Waals surface area contributed by atoms with Gasteiger partial charge in [0.1, 0.15) is 0 Å². The number of sulfonamides is 1. The molecule has 1 N–H and O–H groups in total. The van der Waals surface area contributed by atoms with Gasteiger partial charge in [-0.25, -0.2) is 17.8 Å². The van der Waals surface area contributed by atoms with Gasteiger partial charge in [-0.05, 0) is 42.8 Å². The fourth-order valence-corrected chi connectivity index (χ4v) is 3.80. The topological polar surface area (TPSA) is 64.0 Å². The number of nitrogens with one attached hydrogen (secondary N) is 1. The Morgan fingerprint density at radius 3 is 2.58 bits per heavy atom. The van der Waals surface area contributed by atoms with E-state index in [2.05, 4.69) is 9.82 Å². The quantitative estimate of drug-likeness (QED) is 0.758. The first-order valence-electron chi connectivity index (χ1n) is 7.32. The normalized spacial score (nSPS) is 11.6. The summed E-state index contributed by atoms with van der Waals surface area (Å²) in [5.41, 5.74) is 2.07. The largest absolute Gasteiger partial charge is 0.241 e. The lowest BCUT2D eigenvalue weighted by atomic mass is 10.2. The summed E-state index contributed by atoms with van der Waals surface area (Å²) >= 11 is 6.00. The zero-order chi connectivity index (χ0) is 17.2. The highest BCUT2D eigenvalue weighted by atomic mass is 35.5. The Morgan fingerprint density at radius 1 is 1.08 bits per heavy atom. The lowest BCUT2D eigenvalue weighted by Gasteiger charge is -2.09. The van der Waals surface area contributed by atoms with Crippen molar-refractivity contribution in [1.82, 2.24) is 14.5 Å². The molecule has 3 aromatic rings. The molecule has 0 atom stereocenters. The lowest BCUT2D eigenvalue weighted by Crippen LogP contribution is -2.24. The van der Waals surface area contributed by atoms with E-state index >= 15 is 0 Å². The number of halogens is 1. The first-order valence-corrected chi connectivity index (χ1v) is 9.18. The van der Waals surface area contributed by atoms with Crippen LogP contribution in [0.3, 0.4) is 0 Å². The summed E-state index contributed by atoms with van der Waals surface area (Å²) in [6, 6.07) is 16.2. The van der Waals surface area contributed by atoms with Crippen LogP contribution in [0.15, 0.2) is 65.7 Å². The van der Waals surface area contributed by atoms with E-state index in [0.717, 1.165) is 5.69 Å². The SMILES string of the molecule is Cc1c(Cl)cccc1S(=O)(=O)NCc1ccn(-c2ccccc2)n1. The molecule has 1 heterocycles. The maximum atomic E-state index is 12.5. The number of aromatic nitrogens is 2. The zero-order valence-corrected chi connectivity index (χ0v) is 14.6. The van der Waals surface area contributed by atoms with Crippen molar-refractivity contribution in [3.63, 3.8) is 0 Å². The standard InChI is InChI=1S/C17H16ClN3O2S/c1-13-16(18)8-5-9-17(13)24(22,23)19-12-14-10-11-21(20-14)15-6-3-2-4-7-15/h2-11,19H,12H2,1H3. The Morgan fingerprint density at radius 2 is 1.83 bits per heavy atom. The predicted octanol–water partition coefficient (Wildman–Crippen LogP) is 3.31. The third-order valence-electron chi connectivity index (χ3n) is 3.62. The van der Waals surface area contributed by atoms with Gasteiger partial charge in [0.25, 0.3) is 0 Å². The molecule has 1 aromatic heterocycles. The van der Waals surface area contributed by atoms with Gasteiger partial charge in [0, 0.05) is 11.2 Å². The number of para-hydroxylation sites is 1. The highest BCUT2D eigenvalue weighted by molar-refractivity contribution is 7.89. The van der Waals surface area contributed by atoms with E-state index in [1.807, 2.05) is 30.3 Å². The van der Waals surface area contributed by atoms with Crippen molar-refractivity contribution in [1.29, 1.82) is 0 Å². The van der Waals surface area contributed by atoms with Gasteiger partial charge in [0.05, 0.1) is 22.8 Å². The van der Waals surface area contributed by atoms with E-state index < -0.39 is 10.0 Å². The van der Waals surface area contributed by atoms with Gasteiger partial charge in [-0.3, -0.25) is 0 Å². The van der Waals surface area contributed by atoms with Gasteiger partial charge in [-0.15, -0.1) is 0 Å². The minimum atomic E-state index is -3.65. The number of hydrogen-bond acceptors (Lipinski definition) is 3. The second-order valence-corrected chi connectivity index (χ2v) is 7.42. The van der Waals surface area contributed by atoms with Crippen LogP contribution in [0.5, 0.6) is 0 Å². The molecule has 0 aliphatic carbocycles. The van der Waals surface area contributed by atoms with Crippen molar-refractivity contribution in [2.45, 2.75) is 18.4 Å². The molecule has 0 aliphatic rings. The zero-order valence-electron chi connectivity index (χ0n) is 13.0. The molecule has 0 aliphatic heterocycles. The third-order valence-corrected chi connectivity index (χ3v) is 5.57. The first-order chi connectivity index (χ1) is 11.5. The minimum Gasteiger partial charge on any atom is -0.241 e. The smallest absolute Gasteiger partial charge is 0.241 e. The summed E-state index contributed by atoms with van der Waals surface area (Å²) in [5, 5.41) is 4.80. The summed E-state index contributed by atoms with van der Waals surface area (Å²) in [6.45, 7) is 1.79. The maximum Gasteiger partial charge on any atom is 0.241 e. The van der Waals surface area contributed by atoms with Crippen molar-refractivity contribution in [2.75, 3.05) is 0 Å². The average molecular weight is 362 g/mol. The first kappa shape index (κ1) is 16.7. The molecular weight excluding hydrogens is 346 g/mol. The van der Waals surface area contributed by atoms with Crippen molar-refractivity contribution < 1.29 is 8.42 Å². The van der Waals surface area contributed by atoms with Crippen LogP contribution in [0.2, 0.25) is 5.02 Å². The number of benzene rings is 2.